The van der Waals surface area contributed by atoms with E-state index in [4.69, 9.17) is 0 Å². The van der Waals surface area contributed by atoms with Crippen molar-refractivity contribution in [3.05, 3.63) is 48.5 Å². The lowest BCUT2D eigenvalue weighted by atomic mass is 10.0. The molecule has 3 rings (SSSR count). The molecule has 1 aliphatic rings. The largest absolute Gasteiger partial charge is 0.420 e. The van der Waals surface area contributed by atoms with Crippen molar-refractivity contribution in [3.8, 4) is 0 Å². The second-order valence-corrected chi connectivity index (χ2v) is 4.65. The van der Waals surface area contributed by atoms with Gasteiger partial charge in [-0.3, -0.25) is 4.90 Å². The van der Waals surface area contributed by atoms with E-state index in [1.165, 1.54) is 5.56 Å². The fourth-order valence-corrected chi connectivity index (χ4v) is 2.44. The average Bonchev–Trinajstić information content (AvgIpc) is 2.84. The van der Waals surface area contributed by atoms with Gasteiger partial charge in [-0.25, -0.2) is 9.36 Å². The molecule has 92 valence electrons. The van der Waals surface area contributed by atoms with Gasteiger partial charge in [-0.05, 0) is 24.5 Å². The molecule has 2 aromatic rings. The molecule has 0 fully saturated rings. The number of anilines is 1. The minimum absolute atomic E-state index is 0.0164. The summed E-state index contributed by atoms with van der Waals surface area (Å²) in [7, 11) is 1.91. The standard InChI is InChI=1S/C14H16N3O/c1-15-9-10-16(11-15)14(18)17-8-4-6-12-5-2-3-7-13(12)17/h2-3,5,7,9-11H,4,6,8H2,1H3/q+1. The number of nitrogens with zero attached hydrogens (tertiary/aromatic N) is 3. The van der Waals surface area contributed by atoms with Gasteiger partial charge in [0.15, 0.2) is 0 Å². The summed E-state index contributed by atoms with van der Waals surface area (Å²) >= 11 is 0. The fraction of sp³-hybridized carbons (Fsp3) is 0.286. The molecule has 0 unspecified atom stereocenters. The van der Waals surface area contributed by atoms with Crippen LogP contribution in [0.5, 0.6) is 0 Å². The Morgan fingerprint density at radius 3 is 2.94 bits per heavy atom. The first-order valence-corrected chi connectivity index (χ1v) is 6.19. The van der Waals surface area contributed by atoms with Crippen molar-refractivity contribution >= 4 is 11.7 Å². The summed E-state index contributed by atoms with van der Waals surface area (Å²) < 4.78 is 3.50. The average molecular weight is 242 g/mol. The Morgan fingerprint density at radius 1 is 1.33 bits per heavy atom. The third-order valence-electron chi connectivity index (χ3n) is 3.33. The van der Waals surface area contributed by atoms with Gasteiger partial charge in [0, 0.05) is 6.54 Å². The maximum atomic E-state index is 12.5. The van der Waals surface area contributed by atoms with Crippen molar-refractivity contribution in [3.63, 3.8) is 0 Å². The van der Waals surface area contributed by atoms with E-state index in [9.17, 15) is 4.79 Å². The van der Waals surface area contributed by atoms with Gasteiger partial charge in [-0.2, -0.15) is 4.57 Å². The van der Waals surface area contributed by atoms with Crippen LogP contribution in [0.4, 0.5) is 10.5 Å². The van der Waals surface area contributed by atoms with Crippen molar-refractivity contribution in [1.82, 2.24) is 4.57 Å². The second kappa shape index (κ2) is 4.29. The Balaban J connectivity index is 1.96. The minimum Gasteiger partial charge on any atom is -0.274 e. The van der Waals surface area contributed by atoms with Crippen LogP contribution >= 0.6 is 0 Å². The zero-order valence-corrected chi connectivity index (χ0v) is 10.4. The molecule has 0 saturated carbocycles. The van der Waals surface area contributed by atoms with Crippen LogP contribution in [0.1, 0.15) is 12.0 Å². The summed E-state index contributed by atoms with van der Waals surface area (Å²) in [6.45, 7) is 0.789. The zero-order chi connectivity index (χ0) is 12.5. The number of aryl methyl sites for hydroxylation is 2. The van der Waals surface area contributed by atoms with Gasteiger partial charge >= 0.3 is 6.03 Å². The van der Waals surface area contributed by atoms with Crippen LogP contribution in [0.2, 0.25) is 0 Å². The highest BCUT2D eigenvalue weighted by atomic mass is 16.2. The Morgan fingerprint density at radius 2 is 2.17 bits per heavy atom. The van der Waals surface area contributed by atoms with Crippen molar-refractivity contribution in [2.45, 2.75) is 12.8 Å². The van der Waals surface area contributed by atoms with Gasteiger partial charge in [-0.1, -0.05) is 18.2 Å². The third kappa shape index (κ3) is 1.79. The molecular formula is C14H16N3O+. The number of rotatable bonds is 0. The lowest BCUT2D eigenvalue weighted by molar-refractivity contribution is -0.670. The number of imidazole rings is 1. The van der Waals surface area contributed by atoms with Gasteiger partial charge in [0.2, 0.25) is 0 Å². The molecule has 0 atom stereocenters. The van der Waals surface area contributed by atoms with Gasteiger partial charge in [0.1, 0.15) is 12.4 Å². The summed E-state index contributed by atoms with van der Waals surface area (Å²) in [6, 6.07) is 8.16. The van der Waals surface area contributed by atoms with Gasteiger partial charge in [-0.15, -0.1) is 0 Å². The van der Waals surface area contributed by atoms with Crippen molar-refractivity contribution < 1.29 is 9.36 Å². The molecule has 1 aromatic heterocycles. The molecule has 0 spiro atoms. The first-order chi connectivity index (χ1) is 8.75. The molecule has 0 aliphatic carbocycles. The van der Waals surface area contributed by atoms with Crippen LogP contribution in [0, 0.1) is 0 Å². The summed E-state index contributed by atoms with van der Waals surface area (Å²) in [5.74, 6) is 0. The number of aromatic nitrogens is 2. The van der Waals surface area contributed by atoms with Crippen LogP contribution in [-0.4, -0.2) is 17.1 Å². The summed E-state index contributed by atoms with van der Waals surface area (Å²) in [5.41, 5.74) is 2.30. The van der Waals surface area contributed by atoms with Crippen LogP contribution in [0.15, 0.2) is 43.0 Å². The number of amides is 1. The molecule has 1 aromatic carbocycles. The first kappa shape index (κ1) is 11.0. The van der Waals surface area contributed by atoms with E-state index in [0.29, 0.717) is 0 Å². The van der Waals surface area contributed by atoms with Crippen LogP contribution < -0.4 is 9.47 Å². The molecule has 18 heavy (non-hydrogen) atoms. The van der Waals surface area contributed by atoms with E-state index in [1.54, 1.807) is 17.1 Å². The van der Waals surface area contributed by atoms with E-state index in [-0.39, 0.29) is 6.03 Å². The van der Waals surface area contributed by atoms with E-state index in [1.807, 2.05) is 40.9 Å². The zero-order valence-electron chi connectivity index (χ0n) is 10.4. The monoisotopic (exact) mass is 242 g/mol. The highest BCUT2D eigenvalue weighted by Gasteiger charge is 2.26. The van der Waals surface area contributed by atoms with Crippen LogP contribution in [0.3, 0.4) is 0 Å². The number of hydrogen-bond donors (Lipinski definition) is 0. The van der Waals surface area contributed by atoms with E-state index in [0.717, 1.165) is 25.1 Å². The van der Waals surface area contributed by atoms with Crippen molar-refractivity contribution in [2.75, 3.05) is 11.4 Å². The van der Waals surface area contributed by atoms with E-state index in [2.05, 4.69) is 6.07 Å². The summed E-state index contributed by atoms with van der Waals surface area (Å²) in [5, 5.41) is 0. The highest BCUT2D eigenvalue weighted by Crippen LogP contribution is 2.27. The SMILES string of the molecule is C[n+]1ccn(C(=O)N2CCCc3ccccc32)c1. The maximum absolute atomic E-state index is 12.5. The third-order valence-corrected chi connectivity index (χ3v) is 3.33. The first-order valence-electron chi connectivity index (χ1n) is 6.19. The number of benzene rings is 1. The van der Waals surface area contributed by atoms with Crippen molar-refractivity contribution in [1.29, 1.82) is 0 Å². The molecule has 4 nitrogen and oxygen atoms in total. The van der Waals surface area contributed by atoms with Gasteiger partial charge in [0.05, 0.1) is 12.7 Å². The Kier molecular flexibility index (Phi) is 2.63. The topological polar surface area (TPSA) is 29.1 Å². The predicted octanol–water partition coefficient (Wildman–Crippen LogP) is 1.73. The minimum atomic E-state index is 0.0164. The molecular weight excluding hydrogens is 226 g/mol. The lowest BCUT2D eigenvalue weighted by Crippen LogP contribution is -2.38. The highest BCUT2D eigenvalue weighted by molar-refractivity contribution is 5.94. The molecule has 0 saturated heterocycles. The smallest absolute Gasteiger partial charge is 0.274 e. The predicted molar refractivity (Wildman–Crippen MR) is 68.5 cm³/mol. The molecule has 2 heterocycles. The Bertz CT molecular complexity index is 588. The molecule has 4 heteroatoms. The van der Waals surface area contributed by atoms with E-state index < -0.39 is 0 Å². The van der Waals surface area contributed by atoms with Crippen LogP contribution in [0.25, 0.3) is 0 Å². The van der Waals surface area contributed by atoms with Crippen LogP contribution in [-0.2, 0) is 13.5 Å². The Hall–Kier alpha value is -2.10. The quantitative estimate of drug-likeness (QED) is 0.647. The second-order valence-electron chi connectivity index (χ2n) is 4.65. The summed E-state index contributed by atoms with van der Waals surface area (Å²) in [6.07, 6.45) is 7.53. The number of carbonyl (C=O) groups excluding carboxylic acids is 1. The lowest BCUT2D eigenvalue weighted by Gasteiger charge is -2.27. The number of para-hydroxylation sites is 1. The Labute approximate surface area is 106 Å². The van der Waals surface area contributed by atoms with Crippen molar-refractivity contribution in [2.24, 2.45) is 7.05 Å². The molecule has 0 bridgehead atoms. The van der Waals surface area contributed by atoms with E-state index >= 15 is 0 Å². The van der Waals surface area contributed by atoms with Gasteiger partial charge < -0.3 is 0 Å². The normalized spacial score (nSPS) is 14.4. The molecule has 0 radical (unpaired) electrons. The molecule has 1 aliphatic heterocycles. The summed E-state index contributed by atoms with van der Waals surface area (Å²) in [4.78, 5) is 14.3. The molecule has 0 N–H and O–H groups in total. The van der Waals surface area contributed by atoms with Gasteiger partial charge in [0.25, 0.3) is 6.33 Å². The number of hydrogen-bond acceptors (Lipinski definition) is 1. The number of carbonyl (C=O) groups is 1. The maximum Gasteiger partial charge on any atom is 0.420 e. The number of fused-ring (bicyclic) bond motifs is 1. The molecule has 1 amide bonds. The fourth-order valence-electron chi connectivity index (χ4n) is 2.44.